The molecule has 0 radical (unpaired) electrons. The summed E-state index contributed by atoms with van der Waals surface area (Å²) < 4.78 is 2.07. The first-order valence-electron chi connectivity index (χ1n) is 9.15. The Kier molecular flexibility index (Phi) is 6.93. The Morgan fingerprint density at radius 3 is 2.32 bits per heavy atom. The average Bonchev–Trinajstić information content (AvgIpc) is 3.08. The predicted octanol–water partition coefficient (Wildman–Crippen LogP) is 6.08. The highest BCUT2D eigenvalue weighted by atomic mass is 15.0. The zero-order chi connectivity index (χ0) is 18.2. The summed E-state index contributed by atoms with van der Waals surface area (Å²) in [6.07, 6.45) is 8.03. The zero-order valence-electron chi connectivity index (χ0n) is 16.0. The number of hydrogen-bond acceptors (Lipinski definition) is 2. The van der Waals surface area contributed by atoms with Crippen molar-refractivity contribution in [3.05, 3.63) is 60.6 Å². The summed E-state index contributed by atoms with van der Waals surface area (Å²) >= 11 is 0. The van der Waals surface area contributed by atoms with Gasteiger partial charge in [-0.1, -0.05) is 52.3 Å². The Morgan fingerprint density at radius 2 is 1.76 bits per heavy atom. The van der Waals surface area contributed by atoms with E-state index in [4.69, 9.17) is 0 Å². The number of hydrogen-bond donors (Lipinski definition) is 0. The lowest BCUT2D eigenvalue weighted by Gasteiger charge is -2.16. The average molecular weight is 335 g/mol. The number of pyridine rings is 1. The van der Waals surface area contributed by atoms with Crippen molar-refractivity contribution in [2.75, 3.05) is 0 Å². The summed E-state index contributed by atoms with van der Waals surface area (Å²) in [6.45, 7) is 8.74. The quantitative estimate of drug-likeness (QED) is 0.578. The molecule has 0 aliphatic rings. The van der Waals surface area contributed by atoms with Crippen molar-refractivity contribution in [2.24, 2.45) is 7.05 Å². The van der Waals surface area contributed by atoms with Gasteiger partial charge >= 0.3 is 0 Å². The van der Waals surface area contributed by atoms with Crippen molar-refractivity contribution in [3.63, 3.8) is 0 Å². The molecule has 3 rings (SSSR count). The van der Waals surface area contributed by atoms with Gasteiger partial charge in [0.05, 0.1) is 5.69 Å². The fourth-order valence-corrected chi connectivity index (χ4v) is 2.72. The third kappa shape index (κ3) is 4.56. The molecule has 3 aromatic rings. The van der Waals surface area contributed by atoms with Gasteiger partial charge in [-0.2, -0.15) is 0 Å². The number of aryl methyl sites for hydroxylation is 1. The highest BCUT2D eigenvalue weighted by molar-refractivity contribution is 5.71. The van der Waals surface area contributed by atoms with Crippen molar-refractivity contribution >= 4 is 0 Å². The molecule has 1 aromatic carbocycles. The maximum atomic E-state index is 4.54. The van der Waals surface area contributed by atoms with Gasteiger partial charge in [-0.25, -0.2) is 4.98 Å². The van der Waals surface area contributed by atoms with Crippen LogP contribution >= 0.6 is 0 Å². The second-order valence-electron chi connectivity index (χ2n) is 6.40. The molecule has 0 bridgehead atoms. The number of aromatic nitrogens is 3. The maximum absolute atomic E-state index is 4.54. The minimum absolute atomic E-state index is 0.504. The SMILES string of the molecule is CCC.CCC(C)c1ccc(-c2ccccn2)cc1-c1nccn1C. The van der Waals surface area contributed by atoms with Gasteiger partial charge in [0.15, 0.2) is 0 Å². The smallest absolute Gasteiger partial charge is 0.139 e. The maximum Gasteiger partial charge on any atom is 0.139 e. The number of rotatable bonds is 4. The van der Waals surface area contributed by atoms with Crippen molar-refractivity contribution < 1.29 is 0 Å². The van der Waals surface area contributed by atoms with E-state index in [9.17, 15) is 0 Å². The highest BCUT2D eigenvalue weighted by Gasteiger charge is 2.15. The van der Waals surface area contributed by atoms with Crippen LogP contribution in [0.5, 0.6) is 0 Å². The van der Waals surface area contributed by atoms with Crippen molar-refractivity contribution in [2.45, 2.75) is 46.5 Å². The number of imidazole rings is 1. The summed E-state index contributed by atoms with van der Waals surface area (Å²) in [4.78, 5) is 9.00. The Bertz CT molecular complexity index is 775. The molecule has 0 fully saturated rings. The van der Waals surface area contributed by atoms with Crippen molar-refractivity contribution in [3.8, 4) is 22.6 Å². The molecule has 25 heavy (non-hydrogen) atoms. The highest BCUT2D eigenvalue weighted by Crippen LogP contribution is 2.33. The fraction of sp³-hybridized carbons (Fsp3) is 0.364. The van der Waals surface area contributed by atoms with Gasteiger partial charge < -0.3 is 4.57 Å². The predicted molar refractivity (Wildman–Crippen MR) is 107 cm³/mol. The molecule has 0 amide bonds. The fourth-order valence-electron chi connectivity index (χ4n) is 2.72. The van der Waals surface area contributed by atoms with Crippen LogP contribution in [0.25, 0.3) is 22.6 Å². The molecule has 0 saturated heterocycles. The lowest BCUT2D eigenvalue weighted by atomic mass is 9.91. The molecule has 132 valence electrons. The molecule has 0 saturated carbocycles. The van der Waals surface area contributed by atoms with Crippen LogP contribution in [0.1, 0.15) is 52.0 Å². The van der Waals surface area contributed by atoms with Gasteiger partial charge in [-0.15, -0.1) is 0 Å². The standard InChI is InChI=1S/C19H21N3.C3H8/c1-4-14(2)16-9-8-15(18-7-5-6-10-20-18)13-17(16)19-21-11-12-22(19)3;1-3-2/h5-14H,4H2,1-3H3;3H2,1-2H3. The van der Waals surface area contributed by atoms with E-state index in [-0.39, 0.29) is 0 Å². The van der Waals surface area contributed by atoms with Crippen LogP contribution < -0.4 is 0 Å². The molecule has 3 heteroatoms. The topological polar surface area (TPSA) is 30.7 Å². The summed E-state index contributed by atoms with van der Waals surface area (Å²) in [6, 6.07) is 12.6. The van der Waals surface area contributed by atoms with E-state index < -0.39 is 0 Å². The third-order valence-electron chi connectivity index (χ3n) is 4.22. The van der Waals surface area contributed by atoms with E-state index >= 15 is 0 Å². The number of benzene rings is 1. The Morgan fingerprint density at radius 1 is 1.00 bits per heavy atom. The lowest BCUT2D eigenvalue weighted by molar-refractivity contribution is 0.733. The van der Waals surface area contributed by atoms with Crippen LogP contribution in [0.3, 0.4) is 0 Å². The van der Waals surface area contributed by atoms with E-state index in [1.54, 1.807) is 0 Å². The van der Waals surface area contributed by atoms with Gasteiger partial charge in [0.25, 0.3) is 0 Å². The van der Waals surface area contributed by atoms with Crippen LogP contribution in [0.15, 0.2) is 55.0 Å². The second-order valence-corrected chi connectivity index (χ2v) is 6.40. The van der Waals surface area contributed by atoms with Crippen LogP contribution in [-0.2, 0) is 7.05 Å². The molecule has 0 N–H and O–H groups in total. The van der Waals surface area contributed by atoms with Gasteiger partial charge in [0.1, 0.15) is 5.82 Å². The van der Waals surface area contributed by atoms with Crippen LogP contribution in [0, 0.1) is 0 Å². The van der Waals surface area contributed by atoms with Crippen LogP contribution in [-0.4, -0.2) is 14.5 Å². The lowest BCUT2D eigenvalue weighted by Crippen LogP contribution is -2.00. The first-order chi connectivity index (χ1) is 12.1. The van der Waals surface area contributed by atoms with Crippen LogP contribution in [0.4, 0.5) is 0 Å². The molecule has 0 aliphatic carbocycles. The van der Waals surface area contributed by atoms with Crippen LogP contribution in [0.2, 0.25) is 0 Å². The summed E-state index contributed by atoms with van der Waals surface area (Å²) in [5, 5.41) is 0. The zero-order valence-corrected chi connectivity index (χ0v) is 16.0. The van der Waals surface area contributed by atoms with Gasteiger partial charge in [-0.3, -0.25) is 4.98 Å². The largest absolute Gasteiger partial charge is 0.334 e. The monoisotopic (exact) mass is 335 g/mol. The molecule has 3 nitrogen and oxygen atoms in total. The van der Waals surface area contributed by atoms with Gasteiger partial charge in [0, 0.05) is 36.8 Å². The third-order valence-corrected chi connectivity index (χ3v) is 4.22. The normalized spacial score (nSPS) is 11.6. The first-order valence-corrected chi connectivity index (χ1v) is 9.15. The van der Waals surface area contributed by atoms with Gasteiger partial charge in [-0.05, 0) is 36.1 Å². The van der Waals surface area contributed by atoms with E-state index in [2.05, 4.69) is 60.4 Å². The molecule has 0 aliphatic heterocycles. The molecule has 2 aromatic heterocycles. The van der Waals surface area contributed by atoms with Crippen molar-refractivity contribution in [1.29, 1.82) is 0 Å². The first kappa shape index (κ1) is 18.9. The number of nitrogens with zero attached hydrogens (tertiary/aromatic N) is 3. The van der Waals surface area contributed by atoms with E-state index in [1.165, 1.54) is 17.5 Å². The minimum Gasteiger partial charge on any atom is -0.334 e. The van der Waals surface area contributed by atoms with E-state index in [0.29, 0.717) is 5.92 Å². The molecule has 2 heterocycles. The second kappa shape index (κ2) is 9.16. The Hall–Kier alpha value is -2.42. The minimum atomic E-state index is 0.504. The van der Waals surface area contributed by atoms with Gasteiger partial charge in [0.2, 0.25) is 0 Å². The summed E-state index contributed by atoms with van der Waals surface area (Å²) in [5.41, 5.74) is 4.67. The molecular formula is C22H29N3. The van der Waals surface area contributed by atoms with Crippen molar-refractivity contribution in [1.82, 2.24) is 14.5 Å². The molecule has 1 atom stereocenters. The Balaban J connectivity index is 0.000000701. The van der Waals surface area contributed by atoms with E-state index in [0.717, 1.165) is 23.5 Å². The molecule has 1 unspecified atom stereocenters. The Labute approximate surface area is 151 Å². The summed E-state index contributed by atoms with van der Waals surface area (Å²) in [5.74, 6) is 1.51. The van der Waals surface area contributed by atoms with E-state index in [1.807, 2.05) is 43.8 Å². The molecule has 0 spiro atoms. The molecular weight excluding hydrogens is 306 g/mol. The summed E-state index contributed by atoms with van der Waals surface area (Å²) in [7, 11) is 2.04.